The van der Waals surface area contributed by atoms with Crippen molar-refractivity contribution in [3.8, 4) is 0 Å². The van der Waals surface area contributed by atoms with Gasteiger partial charge in [0.25, 0.3) is 5.91 Å². The Kier molecular flexibility index (Phi) is 4.51. The van der Waals surface area contributed by atoms with E-state index in [1.807, 2.05) is 31.2 Å². The number of hydrogen-bond donors (Lipinski definition) is 2. The van der Waals surface area contributed by atoms with Crippen LogP contribution in [0.5, 0.6) is 0 Å². The number of hydrogen-bond acceptors (Lipinski definition) is 2. The van der Waals surface area contributed by atoms with E-state index in [0.717, 1.165) is 10.5 Å². The molecule has 0 radical (unpaired) electrons. The molecule has 0 fully saturated rings. The van der Waals surface area contributed by atoms with Crippen LogP contribution in [0.15, 0.2) is 53.4 Å². The van der Waals surface area contributed by atoms with E-state index in [1.165, 1.54) is 0 Å². The van der Waals surface area contributed by atoms with Gasteiger partial charge in [-0.25, -0.2) is 0 Å². The summed E-state index contributed by atoms with van der Waals surface area (Å²) in [4.78, 5) is 12.9. The smallest absolute Gasteiger partial charge is 0.251 e. The normalized spacial score (nSPS) is 11.9. The Labute approximate surface area is 123 Å². The summed E-state index contributed by atoms with van der Waals surface area (Å²) in [6, 6.07) is 14.5. The molecule has 98 valence electrons. The van der Waals surface area contributed by atoms with Crippen molar-refractivity contribution in [2.45, 2.75) is 17.9 Å². The lowest BCUT2D eigenvalue weighted by Gasteiger charge is -2.14. The van der Waals surface area contributed by atoms with Crippen LogP contribution in [-0.2, 0) is 0 Å². The molecule has 2 nitrogen and oxygen atoms in total. The molecular formula is C15H14ClNOS. The van der Waals surface area contributed by atoms with Gasteiger partial charge >= 0.3 is 0 Å². The van der Waals surface area contributed by atoms with Crippen LogP contribution < -0.4 is 5.32 Å². The van der Waals surface area contributed by atoms with E-state index >= 15 is 0 Å². The number of nitrogens with one attached hydrogen (secondary N) is 1. The third kappa shape index (κ3) is 3.75. The molecule has 4 heteroatoms. The molecule has 1 atom stereocenters. The second kappa shape index (κ2) is 6.13. The minimum atomic E-state index is -0.110. The quantitative estimate of drug-likeness (QED) is 0.819. The lowest BCUT2D eigenvalue weighted by Crippen LogP contribution is -2.26. The fourth-order valence-corrected chi connectivity index (χ4v) is 2.10. The lowest BCUT2D eigenvalue weighted by molar-refractivity contribution is 0.0940. The summed E-state index contributed by atoms with van der Waals surface area (Å²) in [7, 11) is 0. The Morgan fingerprint density at radius 2 is 1.89 bits per heavy atom. The fraction of sp³-hybridized carbons (Fsp3) is 0.133. The Balaban J connectivity index is 2.08. The van der Waals surface area contributed by atoms with E-state index in [2.05, 4.69) is 17.9 Å². The predicted octanol–water partition coefficient (Wildman–Crippen LogP) is 4.12. The molecule has 0 saturated carbocycles. The van der Waals surface area contributed by atoms with Gasteiger partial charge in [0.05, 0.1) is 6.04 Å². The molecule has 1 amide bonds. The van der Waals surface area contributed by atoms with E-state index in [1.54, 1.807) is 24.3 Å². The van der Waals surface area contributed by atoms with Crippen molar-refractivity contribution in [3.05, 3.63) is 64.7 Å². The Morgan fingerprint density at radius 1 is 1.21 bits per heavy atom. The maximum Gasteiger partial charge on any atom is 0.251 e. The first-order valence-corrected chi connectivity index (χ1v) is 6.74. The van der Waals surface area contributed by atoms with Crippen LogP contribution in [0.1, 0.15) is 28.9 Å². The van der Waals surface area contributed by atoms with Gasteiger partial charge in [-0.2, -0.15) is 0 Å². The molecule has 0 aromatic heterocycles. The first kappa shape index (κ1) is 14.0. The van der Waals surface area contributed by atoms with Crippen LogP contribution in [0.2, 0.25) is 5.02 Å². The molecule has 0 aliphatic carbocycles. The third-order valence-electron chi connectivity index (χ3n) is 2.83. The van der Waals surface area contributed by atoms with Gasteiger partial charge in [-0.15, -0.1) is 12.6 Å². The monoisotopic (exact) mass is 291 g/mol. The van der Waals surface area contributed by atoms with Crippen LogP contribution in [0.25, 0.3) is 0 Å². The number of benzene rings is 2. The number of rotatable bonds is 3. The van der Waals surface area contributed by atoms with Gasteiger partial charge in [-0.05, 0) is 48.9 Å². The summed E-state index contributed by atoms with van der Waals surface area (Å²) in [6.07, 6.45) is 0. The van der Waals surface area contributed by atoms with Gasteiger partial charge in [0, 0.05) is 15.5 Å². The van der Waals surface area contributed by atoms with E-state index in [0.29, 0.717) is 10.6 Å². The minimum Gasteiger partial charge on any atom is -0.346 e. The van der Waals surface area contributed by atoms with Gasteiger partial charge in [-0.3, -0.25) is 4.79 Å². The standard InChI is InChI=1S/C15H14ClNOS/c1-10(12-3-2-4-13(16)9-12)17-15(18)11-5-7-14(19)8-6-11/h2-10,19H,1H3,(H,17,18). The highest BCUT2D eigenvalue weighted by molar-refractivity contribution is 7.80. The van der Waals surface area contributed by atoms with Crippen LogP contribution in [-0.4, -0.2) is 5.91 Å². The second-order valence-electron chi connectivity index (χ2n) is 4.30. The zero-order chi connectivity index (χ0) is 13.8. The molecule has 19 heavy (non-hydrogen) atoms. The summed E-state index contributed by atoms with van der Waals surface area (Å²) in [5, 5.41) is 3.60. The van der Waals surface area contributed by atoms with Crippen LogP contribution >= 0.6 is 24.2 Å². The zero-order valence-electron chi connectivity index (χ0n) is 10.4. The van der Waals surface area contributed by atoms with Crippen molar-refractivity contribution < 1.29 is 4.79 Å². The summed E-state index contributed by atoms with van der Waals surface area (Å²) >= 11 is 10.1. The Morgan fingerprint density at radius 3 is 2.53 bits per heavy atom. The van der Waals surface area contributed by atoms with Crippen LogP contribution in [0.3, 0.4) is 0 Å². The highest BCUT2D eigenvalue weighted by Gasteiger charge is 2.11. The highest BCUT2D eigenvalue weighted by Crippen LogP contribution is 2.18. The molecule has 1 N–H and O–H groups in total. The molecule has 1 unspecified atom stereocenters. The summed E-state index contributed by atoms with van der Waals surface area (Å²) in [5.41, 5.74) is 1.60. The molecule has 0 bridgehead atoms. The van der Waals surface area contributed by atoms with Crippen LogP contribution in [0.4, 0.5) is 0 Å². The number of amides is 1. The number of halogens is 1. The molecule has 2 rings (SSSR count). The molecule has 2 aromatic carbocycles. The topological polar surface area (TPSA) is 29.1 Å². The van der Waals surface area contributed by atoms with Crippen molar-refractivity contribution in [2.75, 3.05) is 0 Å². The van der Waals surface area contributed by atoms with E-state index in [9.17, 15) is 4.79 Å². The third-order valence-corrected chi connectivity index (χ3v) is 3.36. The van der Waals surface area contributed by atoms with Crippen molar-refractivity contribution in [1.82, 2.24) is 5.32 Å². The van der Waals surface area contributed by atoms with Gasteiger partial charge in [-0.1, -0.05) is 23.7 Å². The van der Waals surface area contributed by atoms with Crippen molar-refractivity contribution in [3.63, 3.8) is 0 Å². The first-order valence-electron chi connectivity index (χ1n) is 5.91. The summed E-state index contributed by atoms with van der Waals surface area (Å²) < 4.78 is 0. The minimum absolute atomic E-state index is 0.0955. The Bertz CT molecular complexity index is 583. The maximum absolute atomic E-state index is 12.1. The average molecular weight is 292 g/mol. The molecule has 0 aliphatic rings. The molecule has 0 spiro atoms. The van der Waals surface area contributed by atoms with Gasteiger partial charge < -0.3 is 5.32 Å². The van der Waals surface area contributed by atoms with Gasteiger partial charge in [0.1, 0.15) is 0 Å². The number of thiol groups is 1. The molecule has 2 aromatic rings. The average Bonchev–Trinajstić information content (AvgIpc) is 2.39. The largest absolute Gasteiger partial charge is 0.346 e. The fourth-order valence-electron chi connectivity index (χ4n) is 1.75. The van der Waals surface area contributed by atoms with E-state index in [-0.39, 0.29) is 11.9 Å². The SMILES string of the molecule is CC(NC(=O)c1ccc(S)cc1)c1cccc(Cl)c1. The van der Waals surface area contributed by atoms with E-state index in [4.69, 9.17) is 11.6 Å². The zero-order valence-corrected chi connectivity index (χ0v) is 12.1. The van der Waals surface area contributed by atoms with Crippen molar-refractivity contribution in [1.29, 1.82) is 0 Å². The molecule has 0 heterocycles. The second-order valence-corrected chi connectivity index (χ2v) is 5.25. The number of carbonyl (C=O) groups excluding carboxylic acids is 1. The molecular weight excluding hydrogens is 278 g/mol. The van der Waals surface area contributed by atoms with Crippen LogP contribution in [0, 0.1) is 0 Å². The van der Waals surface area contributed by atoms with Gasteiger partial charge in [0.2, 0.25) is 0 Å². The predicted molar refractivity (Wildman–Crippen MR) is 81.0 cm³/mol. The maximum atomic E-state index is 12.1. The van der Waals surface area contributed by atoms with Crippen molar-refractivity contribution >= 4 is 30.1 Å². The summed E-state index contributed by atoms with van der Waals surface area (Å²) in [6.45, 7) is 1.93. The highest BCUT2D eigenvalue weighted by atomic mass is 35.5. The molecule has 0 aliphatic heterocycles. The summed E-state index contributed by atoms with van der Waals surface area (Å²) in [5.74, 6) is -0.110. The number of carbonyl (C=O) groups is 1. The van der Waals surface area contributed by atoms with E-state index < -0.39 is 0 Å². The first-order chi connectivity index (χ1) is 9.06. The van der Waals surface area contributed by atoms with Crippen molar-refractivity contribution in [2.24, 2.45) is 0 Å². The lowest BCUT2D eigenvalue weighted by atomic mass is 10.1. The Hall–Kier alpha value is -1.45. The molecule has 0 saturated heterocycles. The van der Waals surface area contributed by atoms with Gasteiger partial charge in [0.15, 0.2) is 0 Å².